The standard InChI is InChI=1S/C7H8N2O3S/c1-2-12-7(10)6(9-11)5-3-8-4-13-5/h3-4,11H,2H2,1H3/b9-6+. The summed E-state index contributed by atoms with van der Waals surface area (Å²) < 4.78 is 4.67. The Morgan fingerprint density at radius 1 is 1.85 bits per heavy atom. The predicted molar refractivity (Wildman–Crippen MR) is 47.1 cm³/mol. The topological polar surface area (TPSA) is 71.8 Å². The molecule has 1 N–H and O–H groups in total. The minimum Gasteiger partial charge on any atom is -0.461 e. The third-order valence-corrected chi connectivity index (χ3v) is 2.01. The molecule has 0 aliphatic rings. The number of rotatable bonds is 3. The summed E-state index contributed by atoms with van der Waals surface area (Å²) in [6, 6.07) is 0. The predicted octanol–water partition coefficient (Wildman–Crippen LogP) is 0.885. The molecule has 0 aliphatic heterocycles. The monoisotopic (exact) mass is 200 g/mol. The molecule has 1 aromatic heterocycles. The molecule has 0 saturated carbocycles. The van der Waals surface area contributed by atoms with E-state index in [9.17, 15) is 4.79 Å². The lowest BCUT2D eigenvalue weighted by molar-refractivity contribution is -0.135. The SMILES string of the molecule is CCOC(=O)/C(=N/O)c1cncs1. The first-order chi connectivity index (χ1) is 6.29. The van der Waals surface area contributed by atoms with Crippen LogP contribution in [0.1, 0.15) is 11.8 Å². The molecule has 1 rings (SSSR count). The molecule has 0 aliphatic carbocycles. The van der Waals surface area contributed by atoms with Crippen LogP contribution >= 0.6 is 11.3 Å². The first kappa shape index (κ1) is 9.66. The summed E-state index contributed by atoms with van der Waals surface area (Å²) in [6.45, 7) is 1.93. The van der Waals surface area contributed by atoms with Gasteiger partial charge in [0.05, 0.1) is 17.0 Å². The zero-order valence-corrected chi connectivity index (χ0v) is 7.74. The number of esters is 1. The molecule has 0 atom stereocenters. The van der Waals surface area contributed by atoms with Crippen molar-refractivity contribution in [3.05, 3.63) is 16.6 Å². The average molecular weight is 200 g/mol. The number of aromatic nitrogens is 1. The van der Waals surface area contributed by atoms with Gasteiger partial charge >= 0.3 is 5.97 Å². The summed E-state index contributed by atoms with van der Waals surface area (Å²) in [6.07, 6.45) is 1.44. The van der Waals surface area contributed by atoms with Gasteiger partial charge in [-0.15, -0.1) is 11.3 Å². The fraction of sp³-hybridized carbons (Fsp3) is 0.286. The largest absolute Gasteiger partial charge is 0.461 e. The van der Waals surface area contributed by atoms with Gasteiger partial charge in [-0.3, -0.25) is 4.98 Å². The van der Waals surface area contributed by atoms with E-state index in [-0.39, 0.29) is 12.3 Å². The average Bonchev–Trinajstić information content (AvgIpc) is 2.59. The summed E-state index contributed by atoms with van der Waals surface area (Å²) in [5, 5.41) is 11.4. The van der Waals surface area contributed by atoms with E-state index in [1.54, 1.807) is 12.4 Å². The van der Waals surface area contributed by atoms with E-state index in [2.05, 4.69) is 14.9 Å². The first-order valence-corrected chi connectivity index (χ1v) is 4.45. The number of hydrogen-bond donors (Lipinski definition) is 1. The van der Waals surface area contributed by atoms with Gasteiger partial charge in [-0.2, -0.15) is 0 Å². The summed E-state index contributed by atoms with van der Waals surface area (Å²) >= 11 is 1.21. The second kappa shape index (κ2) is 4.56. The van der Waals surface area contributed by atoms with E-state index in [0.29, 0.717) is 4.88 Å². The smallest absolute Gasteiger partial charge is 0.361 e. The zero-order valence-electron chi connectivity index (χ0n) is 6.93. The molecule has 0 spiro atoms. The van der Waals surface area contributed by atoms with Crippen molar-refractivity contribution in [2.75, 3.05) is 6.61 Å². The highest BCUT2D eigenvalue weighted by atomic mass is 32.1. The van der Waals surface area contributed by atoms with Crippen molar-refractivity contribution in [1.82, 2.24) is 4.98 Å². The van der Waals surface area contributed by atoms with E-state index in [4.69, 9.17) is 5.21 Å². The molecule has 1 aromatic rings. The highest BCUT2D eigenvalue weighted by Crippen LogP contribution is 2.08. The van der Waals surface area contributed by atoms with Crippen LogP contribution in [0.2, 0.25) is 0 Å². The van der Waals surface area contributed by atoms with Crippen LogP contribution in [0.25, 0.3) is 0 Å². The molecule has 13 heavy (non-hydrogen) atoms. The Hall–Kier alpha value is -1.43. The highest BCUT2D eigenvalue weighted by molar-refractivity contribution is 7.12. The van der Waals surface area contributed by atoms with Crippen LogP contribution in [0.4, 0.5) is 0 Å². The molecule has 5 nitrogen and oxygen atoms in total. The molecule has 0 unspecified atom stereocenters. The lowest BCUT2D eigenvalue weighted by Gasteiger charge is -1.99. The Kier molecular flexibility index (Phi) is 3.39. The van der Waals surface area contributed by atoms with Crippen LogP contribution in [0, 0.1) is 0 Å². The number of carbonyl (C=O) groups is 1. The van der Waals surface area contributed by atoms with E-state index >= 15 is 0 Å². The molecule has 1 heterocycles. The maximum atomic E-state index is 11.1. The summed E-state index contributed by atoms with van der Waals surface area (Å²) in [4.78, 5) is 15.4. The van der Waals surface area contributed by atoms with Gasteiger partial charge in [0, 0.05) is 6.20 Å². The van der Waals surface area contributed by atoms with E-state index < -0.39 is 5.97 Å². The number of hydrogen-bond acceptors (Lipinski definition) is 6. The van der Waals surface area contributed by atoms with Crippen molar-refractivity contribution in [3.63, 3.8) is 0 Å². The molecule has 0 bridgehead atoms. The third-order valence-electron chi connectivity index (χ3n) is 1.23. The van der Waals surface area contributed by atoms with Crippen LogP contribution in [0.3, 0.4) is 0 Å². The molecule has 0 amide bonds. The van der Waals surface area contributed by atoms with Gasteiger partial charge in [0.1, 0.15) is 0 Å². The van der Waals surface area contributed by atoms with E-state index in [0.717, 1.165) is 0 Å². The molecule has 0 aromatic carbocycles. The Labute approximate surface area is 78.7 Å². The zero-order chi connectivity index (χ0) is 9.68. The van der Waals surface area contributed by atoms with Gasteiger partial charge < -0.3 is 9.94 Å². The Bertz CT molecular complexity index is 308. The second-order valence-corrected chi connectivity index (χ2v) is 2.92. The van der Waals surface area contributed by atoms with Crippen molar-refractivity contribution < 1.29 is 14.7 Å². The number of oxime groups is 1. The highest BCUT2D eigenvalue weighted by Gasteiger charge is 2.17. The van der Waals surface area contributed by atoms with E-state index in [1.807, 2.05) is 0 Å². The Balaban J connectivity index is 2.82. The number of ether oxygens (including phenoxy) is 1. The number of thiazole rings is 1. The molecule has 0 radical (unpaired) electrons. The summed E-state index contributed by atoms with van der Waals surface area (Å²) in [5.74, 6) is -0.644. The number of nitrogens with zero attached hydrogens (tertiary/aromatic N) is 2. The Morgan fingerprint density at radius 3 is 3.08 bits per heavy atom. The summed E-state index contributed by atoms with van der Waals surface area (Å²) in [5.41, 5.74) is 1.43. The molecule has 70 valence electrons. The third kappa shape index (κ3) is 2.25. The summed E-state index contributed by atoms with van der Waals surface area (Å²) in [7, 11) is 0. The maximum absolute atomic E-state index is 11.1. The lowest BCUT2D eigenvalue weighted by atomic mass is 10.3. The van der Waals surface area contributed by atoms with Gasteiger partial charge in [-0.05, 0) is 6.92 Å². The van der Waals surface area contributed by atoms with Crippen molar-refractivity contribution in [1.29, 1.82) is 0 Å². The van der Waals surface area contributed by atoms with Gasteiger partial charge in [0.2, 0.25) is 5.71 Å². The van der Waals surface area contributed by atoms with Crippen LogP contribution in [-0.4, -0.2) is 28.5 Å². The molecule has 0 fully saturated rings. The molecular formula is C7H8N2O3S. The molecule has 6 heteroatoms. The van der Waals surface area contributed by atoms with Gasteiger partial charge in [0.25, 0.3) is 0 Å². The first-order valence-electron chi connectivity index (χ1n) is 3.57. The van der Waals surface area contributed by atoms with Crippen molar-refractivity contribution in [2.45, 2.75) is 6.92 Å². The van der Waals surface area contributed by atoms with Gasteiger partial charge in [-0.1, -0.05) is 5.16 Å². The quantitative estimate of drug-likeness (QED) is 0.340. The normalized spacial score (nSPS) is 11.3. The minimum atomic E-state index is -0.644. The van der Waals surface area contributed by atoms with E-state index in [1.165, 1.54) is 17.5 Å². The molecular weight excluding hydrogens is 192 g/mol. The van der Waals surface area contributed by atoms with Gasteiger partial charge in [-0.25, -0.2) is 4.79 Å². The lowest BCUT2D eigenvalue weighted by Crippen LogP contribution is -2.17. The minimum absolute atomic E-state index is 0.107. The second-order valence-electron chi connectivity index (χ2n) is 2.03. The number of carbonyl (C=O) groups excluding carboxylic acids is 1. The van der Waals surface area contributed by atoms with Gasteiger partial charge in [0.15, 0.2) is 0 Å². The van der Waals surface area contributed by atoms with Crippen molar-refractivity contribution >= 4 is 23.0 Å². The van der Waals surface area contributed by atoms with Crippen molar-refractivity contribution in [3.8, 4) is 0 Å². The van der Waals surface area contributed by atoms with Crippen LogP contribution in [0.5, 0.6) is 0 Å². The Morgan fingerprint density at radius 2 is 2.62 bits per heavy atom. The van der Waals surface area contributed by atoms with Crippen LogP contribution in [0.15, 0.2) is 16.9 Å². The van der Waals surface area contributed by atoms with Crippen LogP contribution < -0.4 is 0 Å². The van der Waals surface area contributed by atoms with Crippen molar-refractivity contribution in [2.24, 2.45) is 5.16 Å². The maximum Gasteiger partial charge on any atom is 0.361 e. The van der Waals surface area contributed by atoms with Crippen LogP contribution in [-0.2, 0) is 9.53 Å². The fourth-order valence-corrected chi connectivity index (χ4v) is 1.32. The molecule has 0 saturated heterocycles. The fourth-order valence-electron chi connectivity index (χ4n) is 0.723.